The van der Waals surface area contributed by atoms with Crippen molar-refractivity contribution in [1.29, 1.82) is 0 Å². The van der Waals surface area contributed by atoms with E-state index in [1.807, 2.05) is 17.0 Å². The zero-order valence-electron chi connectivity index (χ0n) is 16.2. The van der Waals surface area contributed by atoms with E-state index in [2.05, 4.69) is 10.4 Å². The molecule has 0 saturated carbocycles. The maximum Gasteiger partial charge on any atom is 0.274 e. The lowest BCUT2D eigenvalue weighted by Crippen LogP contribution is -2.50. The van der Waals surface area contributed by atoms with Crippen LogP contribution in [0.3, 0.4) is 0 Å². The van der Waals surface area contributed by atoms with Crippen molar-refractivity contribution < 1.29 is 9.59 Å². The average molecular weight is 385 g/mol. The van der Waals surface area contributed by atoms with Crippen molar-refractivity contribution in [2.45, 2.75) is 38.1 Å². The molecule has 1 fully saturated rings. The molecule has 2 amide bonds. The molecule has 28 heavy (non-hydrogen) atoms. The molecule has 3 N–H and O–H groups in total. The predicted molar refractivity (Wildman–Crippen MR) is 107 cm³/mol. The number of piperidine rings is 1. The van der Waals surface area contributed by atoms with Crippen LogP contribution in [0.2, 0.25) is 0 Å². The highest BCUT2D eigenvalue weighted by molar-refractivity contribution is 5.88. The number of hydrogen-bond acceptors (Lipinski definition) is 5. The molecule has 0 radical (unpaired) electrons. The first-order chi connectivity index (χ1) is 13.5. The van der Waals surface area contributed by atoms with E-state index in [0.717, 1.165) is 19.3 Å². The van der Waals surface area contributed by atoms with Gasteiger partial charge in [0, 0.05) is 44.5 Å². The average Bonchev–Trinajstić information content (AvgIpc) is 2.70. The van der Waals surface area contributed by atoms with E-state index in [-0.39, 0.29) is 36.3 Å². The second-order valence-electron chi connectivity index (χ2n) is 7.18. The molecular weight excluding hydrogens is 358 g/mol. The van der Waals surface area contributed by atoms with Crippen LogP contribution < -0.4 is 16.6 Å². The molecule has 0 aliphatic carbocycles. The van der Waals surface area contributed by atoms with Crippen LogP contribution in [0.4, 0.5) is 0 Å². The summed E-state index contributed by atoms with van der Waals surface area (Å²) in [7, 11) is 1.60. The summed E-state index contributed by atoms with van der Waals surface area (Å²) in [6.07, 6.45) is 3.25. The van der Waals surface area contributed by atoms with E-state index < -0.39 is 0 Å². The van der Waals surface area contributed by atoms with Gasteiger partial charge in [-0.3, -0.25) is 14.4 Å². The van der Waals surface area contributed by atoms with E-state index in [4.69, 9.17) is 5.73 Å². The Hall–Kier alpha value is -2.74. The van der Waals surface area contributed by atoms with Crippen molar-refractivity contribution in [3.8, 4) is 0 Å². The molecule has 0 spiro atoms. The number of amides is 2. The fourth-order valence-electron chi connectivity index (χ4n) is 3.74. The number of likely N-dealkylation sites (tertiary alicyclic amines) is 1. The van der Waals surface area contributed by atoms with E-state index in [0.29, 0.717) is 36.1 Å². The zero-order valence-corrected chi connectivity index (χ0v) is 16.2. The van der Waals surface area contributed by atoms with Gasteiger partial charge in [-0.05, 0) is 25.3 Å². The number of fused-ring (bicyclic) bond motifs is 1. The smallest absolute Gasteiger partial charge is 0.274 e. The van der Waals surface area contributed by atoms with Crippen LogP contribution >= 0.6 is 0 Å². The summed E-state index contributed by atoms with van der Waals surface area (Å²) in [6.45, 7) is 1.41. The lowest BCUT2D eigenvalue weighted by atomic mass is 10.0. The predicted octanol–water partition coefficient (Wildman–Crippen LogP) is 0.322. The van der Waals surface area contributed by atoms with E-state index in [1.54, 1.807) is 19.2 Å². The number of nitrogens with one attached hydrogen (secondary N) is 1. The van der Waals surface area contributed by atoms with Crippen molar-refractivity contribution in [2.75, 3.05) is 19.6 Å². The maximum atomic E-state index is 13.1. The minimum Gasteiger partial charge on any atom is -0.354 e. The third-order valence-corrected chi connectivity index (χ3v) is 5.21. The molecule has 2 aromatic rings. The van der Waals surface area contributed by atoms with Gasteiger partial charge in [-0.25, -0.2) is 4.68 Å². The van der Waals surface area contributed by atoms with Crippen LogP contribution in [-0.4, -0.2) is 52.2 Å². The molecular formula is C20H27N5O3. The van der Waals surface area contributed by atoms with Gasteiger partial charge in [0.05, 0.1) is 17.5 Å². The highest BCUT2D eigenvalue weighted by Crippen LogP contribution is 2.20. The van der Waals surface area contributed by atoms with Gasteiger partial charge < -0.3 is 16.0 Å². The third-order valence-electron chi connectivity index (χ3n) is 5.21. The van der Waals surface area contributed by atoms with Crippen LogP contribution in [0.5, 0.6) is 0 Å². The van der Waals surface area contributed by atoms with Crippen molar-refractivity contribution in [1.82, 2.24) is 20.0 Å². The number of rotatable bonds is 6. The molecule has 0 bridgehead atoms. The minimum absolute atomic E-state index is 0.0261. The van der Waals surface area contributed by atoms with Gasteiger partial charge in [-0.2, -0.15) is 5.10 Å². The van der Waals surface area contributed by atoms with Gasteiger partial charge in [-0.1, -0.05) is 18.2 Å². The van der Waals surface area contributed by atoms with E-state index in [1.165, 1.54) is 4.68 Å². The first-order valence-corrected chi connectivity index (χ1v) is 9.72. The summed E-state index contributed by atoms with van der Waals surface area (Å²) in [5.74, 6) is -0.125. The Morgan fingerprint density at radius 2 is 2.00 bits per heavy atom. The Balaban J connectivity index is 1.77. The molecule has 8 nitrogen and oxygen atoms in total. The van der Waals surface area contributed by atoms with Gasteiger partial charge in [0.2, 0.25) is 11.8 Å². The lowest BCUT2D eigenvalue weighted by molar-refractivity contribution is -0.134. The molecule has 1 aromatic carbocycles. The molecule has 1 atom stereocenters. The largest absolute Gasteiger partial charge is 0.354 e. The zero-order chi connectivity index (χ0) is 20.1. The topological polar surface area (TPSA) is 110 Å². The molecule has 1 aliphatic rings. The molecule has 1 saturated heterocycles. The number of nitrogens with zero attached hydrogens (tertiary/aromatic N) is 3. The summed E-state index contributed by atoms with van der Waals surface area (Å²) < 4.78 is 1.28. The first kappa shape index (κ1) is 20.0. The quantitative estimate of drug-likeness (QED) is 0.744. The molecule has 3 rings (SSSR count). The minimum atomic E-state index is -0.176. The SMILES string of the molecule is Cn1nc(CC(=O)N2CCCCC2CNC(=O)CCN)c2ccccc2c1=O. The molecule has 1 aliphatic heterocycles. The van der Waals surface area contributed by atoms with Crippen molar-refractivity contribution in [3.63, 3.8) is 0 Å². The van der Waals surface area contributed by atoms with Crippen LogP contribution in [0.1, 0.15) is 31.4 Å². The normalized spacial score (nSPS) is 16.9. The fourth-order valence-corrected chi connectivity index (χ4v) is 3.74. The van der Waals surface area contributed by atoms with E-state index >= 15 is 0 Å². The van der Waals surface area contributed by atoms with Gasteiger partial charge >= 0.3 is 0 Å². The third kappa shape index (κ3) is 4.39. The van der Waals surface area contributed by atoms with Gasteiger partial charge in [0.15, 0.2) is 0 Å². The van der Waals surface area contributed by atoms with Gasteiger partial charge in [0.25, 0.3) is 5.56 Å². The number of nitrogens with two attached hydrogens (primary N) is 1. The second-order valence-corrected chi connectivity index (χ2v) is 7.18. The van der Waals surface area contributed by atoms with Crippen molar-refractivity contribution in [2.24, 2.45) is 12.8 Å². The second kappa shape index (κ2) is 8.97. The Kier molecular flexibility index (Phi) is 6.41. The fraction of sp³-hybridized carbons (Fsp3) is 0.500. The first-order valence-electron chi connectivity index (χ1n) is 9.72. The van der Waals surface area contributed by atoms with Gasteiger partial charge in [0.1, 0.15) is 0 Å². The lowest BCUT2D eigenvalue weighted by Gasteiger charge is -2.36. The summed E-state index contributed by atoms with van der Waals surface area (Å²) in [6, 6.07) is 7.20. The summed E-state index contributed by atoms with van der Waals surface area (Å²) in [4.78, 5) is 38.9. The molecule has 1 aromatic heterocycles. The Labute approximate surface area is 163 Å². The summed E-state index contributed by atoms with van der Waals surface area (Å²) in [5.41, 5.74) is 5.83. The van der Waals surface area contributed by atoms with Crippen LogP contribution in [0.15, 0.2) is 29.1 Å². The number of carbonyl (C=O) groups excluding carboxylic acids is 2. The number of aromatic nitrogens is 2. The highest BCUT2D eigenvalue weighted by Gasteiger charge is 2.27. The van der Waals surface area contributed by atoms with Crippen LogP contribution in [-0.2, 0) is 23.1 Å². The van der Waals surface area contributed by atoms with Crippen LogP contribution in [0.25, 0.3) is 10.8 Å². The Morgan fingerprint density at radius 3 is 2.75 bits per heavy atom. The highest BCUT2D eigenvalue weighted by atomic mass is 16.2. The van der Waals surface area contributed by atoms with E-state index in [9.17, 15) is 14.4 Å². The monoisotopic (exact) mass is 385 g/mol. The molecule has 8 heteroatoms. The Bertz CT molecular complexity index is 924. The maximum absolute atomic E-state index is 13.1. The van der Waals surface area contributed by atoms with Crippen molar-refractivity contribution in [3.05, 3.63) is 40.3 Å². The Morgan fingerprint density at radius 1 is 1.25 bits per heavy atom. The summed E-state index contributed by atoms with van der Waals surface area (Å²) in [5, 5.41) is 8.48. The number of aryl methyl sites for hydroxylation is 1. The van der Waals surface area contributed by atoms with Gasteiger partial charge in [-0.15, -0.1) is 0 Å². The summed E-state index contributed by atoms with van der Waals surface area (Å²) >= 11 is 0. The van der Waals surface area contributed by atoms with Crippen molar-refractivity contribution >= 4 is 22.6 Å². The molecule has 1 unspecified atom stereocenters. The van der Waals surface area contributed by atoms with Crippen LogP contribution in [0, 0.1) is 0 Å². The molecule has 150 valence electrons. The number of benzene rings is 1. The number of hydrogen-bond donors (Lipinski definition) is 2. The molecule has 2 heterocycles. The standard InChI is InChI=1S/C20H27N5O3/c1-24-20(28)16-8-3-2-7-15(16)17(23-24)12-19(27)25-11-5-4-6-14(25)13-22-18(26)9-10-21/h2-3,7-8,14H,4-6,9-13,21H2,1H3,(H,22,26). The number of carbonyl (C=O) groups is 2.